The molecule has 0 aromatic heterocycles. The van der Waals surface area contributed by atoms with Crippen LogP contribution in [0, 0.1) is 0 Å². The highest BCUT2D eigenvalue weighted by Crippen LogP contribution is 2.42. The first kappa shape index (κ1) is 16.1. The van der Waals surface area contributed by atoms with Crippen molar-refractivity contribution in [1.29, 1.82) is 0 Å². The van der Waals surface area contributed by atoms with Crippen molar-refractivity contribution < 1.29 is 18.0 Å². The summed E-state index contributed by atoms with van der Waals surface area (Å²) in [5.41, 5.74) is 0.405. The lowest BCUT2D eigenvalue weighted by Gasteiger charge is -2.39. The summed E-state index contributed by atoms with van der Waals surface area (Å²) in [5.74, 6) is -0.643. The van der Waals surface area contributed by atoms with Gasteiger partial charge in [-0.15, -0.1) is 0 Å². The third-order valence-electron chi connectivity index (χ3n) is 5.05. The van der Waals surface area contributed by atoms with Crippen LogP contribution >= 0.6 is 0 Å². The summed E-state index contributed by atoms with van der Waals surface area (Å²) < 4.78 is 40.4. The van der Waals surface area contributed by atoms with Gasteiger partial charge in [0, 0.05) is 25.6 Å². The van der Waals surface area contributed by atoms with Gasteiger partial charge in [0.2, 0.25) is 0 Å². The molecule has 0 radical (unpaired) electrons. The van der Waals surface area contributed by atoms with Crippen LogP contribution in [0.3, 0.4) is 0 Å². The highest BCUT2D eigenvalue weighted by Gasteiger charge is 2.46. The zero-order chi connectivity index (χ0) is 17.6. The van der Waals surface area contributed by atoms with Crippen LogP contribution in [0.4, 0.5) is 13.2 Å². The Balaban J connectivity index is 1.81. The number of carbonyl (C=O) groups excluding carboxylic acids is 1. The minimum absolute atomic E-state index is 0.112. The number of hydrogen-bond donors (Lipinski definition) is 1. The minimum atomic E-state index is -4.54. The lowest BCUT2D eigenvalue weighted by Crippen LogP contribution is -2.48. The van der Waals surface area contributed by atoms with Gasteiger partial charge in [-0.2, -0.15) is 13.2 Å². The minimum Gasteiger partial charge on any atom is -0.329 e. The van der Waals surface area contributed by atoms with Gasteiger partial charge in [-0.25, -0.2) is 0 Å². The van der Waals surface area contributed by atoms with Crippen LogP contribution in [-0.2, 0) is 12.7 Å². The Hall–Kier alpha value is -2.34. The number of carbonyl (C=O) groups is 1. The van der Waals surface area contributed by atoms with Gasteiger partial charge >= 0.3 is 6.18 Å². The molecule has 0 saturated carbocycles. The number of nitrogens with zero attached hydrogens (tertiary/aromatic N) is 1. The molecule has 2 aromatic rings. The zero-order valence-corrected chi connectivity index (χ0v) is 13.4. The molecule has 2 aliphatic heterocycles. The molecule has 130 valence electrons. The molecule has 1 amide bonds. The van der Waals surface area contributed by atoms with E-state index in [0.717, 1.165) is 11.6 Å². The highest BCUT2D eigenvalue weighted by molar-refractivity contribution is 5.99. The maximum absolute atomic E-state index is 13.5. The van der Waals surface area contributed by atoms with Crippen LogP contribution in [-0.4, -0.2) is 29.9 Å². The second-order valence-electron chi connectivity index (χ2n) is 6.52. The Labute approximate surface area is 143 Å². The quantitative estimate of drug-likeness (QED) is 0.904. The predicted octanol–water partition coefficient (Wildman–Crippen LogP) is 3.42. The Morgan fingerprint density at radius 1 is 1.04 bits per heavy atom. The van der Waals surface area contributed by atoms with E-state index in [1.807, 2.05) is 30.3 Å². The van der Waals surface area contributed by atoms with E-state index in [1.54, 1.807) is 11.0 Å². The average Bonchev–Trinajstić information content (AvgIpc) is 3.08. The molecule has 6 heteroatoms. The van der Waals surface area contributed by atoms with Crippen LogP contribution in [0.1, 0.15) is 33.0 Å². The normalized spacial score (nSPS) is 22.7. The molecule has 4 rings (SSSR count). The third-order valence-corrected chi connectivity index (χ3v) is 5.05. The van der Waals surface area contributed by atoms with Gasteiger partial charge in [0.25, 0.3) is 5.91 Å². The van der Waals surface area contributed by atoms with Crippen LogP contribution in [0.2, 0.25) is 0 Å². The van der Waals surface area contributed by atoms with Crippen molar-refractivity contribution in [2.24, 2.45) is 0 Å². The first-order chi connectivity index (χ1) is 12.0. The van der Waals surface area contributed by atoms with Crippen molar-refractivity contribution >= 4 is 5.91 Å². The molecular weight excluding hydrogens is 329 g/mol. The molecule has 25 heavy (non-hydrogen) atoms. The van der Waals surface area contributed by atoms with E-state index < -0.39 is 17.6 Å². The fourth-order valence-corrected chi connectivity index (χ4v) is 3.93. The molecule has 2 aliphatic rings. The van der Waals surface area contributed by atoms with E-state index in [2.05, 4.69) is 5.32 Å². The summed E-state index contributed by atoms with van der Waals surface area (Å²) >= 11 is 0. The fraction of sp³-hybridized carbons (Fsp3) is 0.316. The van der Waals surface area contributed by atoms with E-state index in [4.69, 9.17) is 0 Å². The average molecular weight is 346 g/mol. The number of hydrogen-bond acceptors (Lipinski definition) is 2. The standard InChI is InChI=1S/C19H17F3N2O/c20-19(21,22)15-8-4-7-13-14-9-23-10-16(14)24(18(25)17(13)15)11-12-5-2-1-3-6-12/h1-8,14,16,23H,9-11H2/t14-,16-/m1/s1. The Morgan fingerprint density at radius 2 is 1.80 bits per heavy atom. The molecule has 2 heterocycles. The van der Waals surface area contributed by atoms with E-state index in [9.17, 15) is 18.0 Å². The summed E-state index contributed by atoms with van der Waals surface area (Å²) in [5, 5.41) is 3.22. The Kier molecular flexibility index (Phi) is 3.80. The van der Waals surface area contributed by atoms with Crippen molar-refractivity contribution in [3.05, 3.63) is 70.8 Å². The monoisotopic (exact) mass is 346 g/mol. The molecule has 3 nitrogen and oxygen atoms in total. The molecule has 0 bridgehead atoms. The second-order valence-corrected chi connectivity index (χ2v) is 6.52. The van der Waals surface area contributed by atoms with Crippen LogP contribution < -0.4 is 5.32 Å². The van der Waals surface area contributed by atoms with Gasteiger partial charge in [-0.05, 0) is 17.2 Å². The maximum atomic E-state index is 13.5. The molecule has 1 N–H and O–H groups in total. The number of halogens is 3. The lowest BCUT2D eigenvalue weighted by molar-refractivity contribution is -0.138. The molecular formula is C19H17F3N2O. The van der Waals surface area contributed by atoms with E-state index in [-0.39, 0.29) is 17.5 Å². The van der Waals surface area contributed by atoms with Gasteiger partial charge in [-0.3, -0.25) is 4.79 Å². The van der Waals surface area contributed by atoms with Crippen molar-refractivity contribution in [3.8, 4) is 0 Å². The Bertz CT molecular complexity index is 804. The molecule has 0 unspecified atom stereocenters. The van der Waals surface area contributed by atoms with Gasteiger partial charge in [0.1, 0.15) is 0 Å². The SMILES string of the molecule is O=C1c2c(cccc2C(F)(F)F)[C@H]2CNC[C@H]2N1Cc1ccccc1. The summed E-state index contributed by atoms with van der Waals surface area (Å²) in [6.07, 6.45) is -4.54. The molecule has 2 aromatic carbocycles. The molecule has 0 aliphatic carbocycles. The summed E-state index contributed by atoms with van der Waals surface area (Å²) in [7, 11) is 0. The van der Waals surface area contributed by atoms with Crippen molar-refractivity contribution in [2.75, 3.05) is 13.1 Å². The fourth-order valence-electron chi connectivity index (χ4n) is 3.93. The van der Waals surface area contributed by atoms with Crippen molar-refractivity contribution in [2.45, 2.75) is 24.7 Å². The predicted molar refractivity (Wildman–Crippen MR) is 87.2 cm³/mol. The van der Waals surface area contributed by atoms with Gasteiger partial charge in [0.05, 0.1) is 17.2 Å². The number of nitrogens with one attached hydrogen (secondary N) is 1. The van der Waals surface area contributed by atoms with Crippen LogP contribution in [0.5, 0.6) is 0 Å². The third kappa shape index (κ3) is 2.70. The summed E-state index contributed by atoms with van der Waals surface area (Å²) in [6, 6.07) is 13.3. The van der Waals surface area contributed by atoms with Gasteiger partial charge < -0.3 is 10.2 Å². The number of fused-ring (bicyclic) bond motifs is 3. The topological polar surface area (TPSA) is 32.3 Å². The number of rotatable bonds is 2. The Morgan fingerprint density at radius 3 is 2.52 bits per heavy atom. The zero-order valence-electron chi connectivity index (χ0n) is 13.4. The number of benzene rings is 2. The van der Waals surface area contributed by atoms with E-state index in [1.165, 1.54) is 6.07 Å². The summed E-state index contributed by atoms with van der Waals surface area (Å²) in [6.45, 7) is 1.49. The summed E-state index contributed by atoms with van der Waals surface area (Å²) in [4.78, 5) is 14.6. The largest absolute Gasteiger partial charge is 0.417 e. The smallest absolute Gasteiger partial charge is 0.329 e. The maximum Gasteiger partial charge on any atom is 0.417 e. The van der Waals surface area contributed by atoms with E-state index >= 15 is 0 Å². The molecule has 0 spiro atoms. The first-order valence-corrected chi connectivity index (χ1v) is 8.22. The van der Waals surface area contributed by atoms with E-state index in [0.29, 0.717) is 25.2 Å². The van der Waals surface area contributed by atoms with Crippen LogP contribution in [0.25, 0.3) is 0 Å². The number of alkyl halides is 3. The van der Waals surface area contributed by atoms with Gasteiger partial charge in [0.15, 0.2) is 0 Å². The number of amides is 1. The van der Waals surface area contributed by atoms with Crippen molar-refractivity contribution in [3.63, 3.8) is 0 Å². The first-order valence-electron chi connectivity index (χ1n) is 8.22. The highest BCUT2D eigenvalue weighted by atomic mass is 19.4. The molecule has 1 saturated heterocycles. The lowest BCUT2D eigenvalue weighted by atomic mass is 9.82. The van der Waals surface area contributed by atoms with Crippen LogP contribution in [0.15, 0.2) is 48.5 Å². The second kappa shape index (κ2) is 5.88. The van der Waals surface area contributed by atoms with Crippen molar-refractivity contribution in [1.82, 2.24) is 10.2 Å². The molecule has 2 atom stereocenters. The van der Waals surface area contributed by atoms with Gasteiger partial charge in [-0.1, -0.05) is 42.5 Å². The molecule has 1 fully saturated rings.